The third-order valence-corrected chi connectivity index (χ3v) is 3.97. The van der Waals surface area contributed by atoms with Gasteiger partial charge in [-0.2, -0.15) is 0 Å². The van der Waals surface area contributed by atoms with Gasteiger partial charge in [-0.3, -0.25) is 4.79 Å². The van der Waals surface area contributed by atoms with Crippen LogP contribution in [0.15, 0.2) is 54.6 Å². The molecule has 1 unspecified atom stereocenters. The van der Waals surface area contributed by atoms with Crippen LogP contribution in [-0.4, -0.2) is 18.3 Å². The van der Waals surface area contributed by atoms with Gasteiger partial charge in [0, 0.05) is 30.6 Å². The van der Waals surface area contributed by atoms with E-state index in [4.69, 9.17) is 16.3 Å². The molecule has 1 heterocycles. The molecule has 3 nitrogen and oxygen atoms in total. The van der Waals surface area contributed by atoms with Crippen molar-refractivity contribution in [3.05, 3.63) is 54.6 Å². The lowest BCUT2D eigenvalue weighted by atomic mass is 10.1. The first-order valence-corrected chi connectivity index (χ1v) is 7.49. The van der Waals surface area contributed by atoms with E-state index in [0.29, 0.717) is 18.8 Å². The van der Waals surface area contributed by atoms with Crippen molar-refractivity contribution in [2.45, 2.75) is 6.42 Å². The normalized spacial score (nSPS) is 18.0. The monoisotopic (exact) mass is 301 g/mol. The minimum atomic E-state index is 0.123. The van der Waals surface area contributed by atoms with Gasteiger partial charge in [-0.15, -0.1) is 11.6 Å². The molecule has 0 spiro atoms. The summed E-state index contributed by atoms with van der Waals surface area (Å²) in [6.45, 7) is 0.678. The Morgan fingerprint density at radius 3 is 2.57 bits per heavy atom. The standard InChI is InChI=1S/C17H16ClNO2/c18-11-13-9-17(20)19(12-13)14-5-4-8-16(10-14)21-15-6-2-1-3-7-15/h1-8,10,13H,9,11-12H2. The molecule has 108 valence electrons. The molecule has 4 heteroatoms. The predicted molar refractivity (Wildman–Crippen MR) is 84.1 cm³/mol. The first-order chi connectivity index (χ1) is 10.3. The number of hydrogen-bond donors (Lipinski definition) is 0. The summed E-state index contributed by atoms with van der Waals surface area (Å²) in [5.41, 5.74) is 0.862. The number of anilines is 1. The van der Waals surface area contributed by atoms with E-state index in [9.17, 15) is 4.79 Å². The predicted octanol–water partition coefficient (Wildman–Crippen LogP) is 4.07. The summed E-state index contributed by atoms with van der Waals surface area (Å²) in [5, 5.41) is 0. The summed E-state index contributed by atoms with van der Waals surface area (Å²) >= 11 is 5.86. The minimum absolute atomic E-state index is 0.123. The molecule has 3 rings (SSSR count). The highest BCUT2D eigenvalue weighted by Gasteiger charge is 2.30. The topological polar surface area (TPSA) is 29.5 Å². The summed E-state index contributed by atoms with van der Waals surface area (Å²) in [6, 6.07) is 17.2. The highest BCUT2D eigenvalue weighted by atomic mass is 35.5. The summed E-state index contributed by atoms with van der Waals surface area (Å²) in [4.78, 5) is 13.8. The smallest absolute Gasteiger partial charge is 0.227 e. The van der Waals surface area contributed by atoms with Crippen LogP contribution in [0.2, 0.25) is 0 Å². The fourth-order valence-corrected chi connectivity index (χ4v) is 2.68. The molecule has 2 aromatic carbocycles. The number of nitrogens with zero attached hydrogens (tertiary/aromatic N) is 1. The van der Waals surface area contributed by atoms with E-state index in [1.165, 1.54) is 0 Å². The van der Waals surface area contributed by atoms with Crippen molar-refractivity contribution in [2.24, 2.45) is 5.92 Å². The van der Waals surface area contributed by atoms with Crippen LogP contribution in [0.4, 0.5) is 5.69 Å². The van der Waals surface area contributed by atoms with Crippen molar-refractivity contribution in [3.63, 3.8) is 0 Å². The van der Waals surface area contributed by atoms with E-state index in [-0.39, 0.29) is 11.8 Å². The Balaban J connectivity index is 1.79. The Kier molecular flexibility index (Phi) is 4.11. The molecule has 0 aromatic heterocycles. The molecule has 21 heavy (non-hydrogen) atoms. The van der Waals surface area contributed by atoms with Crippen molar-refractivity contribution in [2.75, 3.05) is 17.3 Å². The summed E-state index contributed by atoms with van der Waals surface area (Å²) in [7, 11) is 0. The van der Waals surface area contributed by atoms with E-state index in [1.807, 2.05) is 54.6 Å². The molecular weight excluding hydrogens is 286 g/mol. The number of halogens is 1. The van der Waals surface area contributed by atoms with E-state index < -0.39 is 0 Å². The number of alkyl halides is 1. The van der Waals surface area contributed by atoms with Crippen LogP contribution >= 0.6 is 11.6 Å². The van der Waals surface area contributed by atoms with E-state index in [1.54, 1.807) is 4.90 Å². The van der Waals surface area contributed by atoms with Gasteiger partial charge in [0.1, 0.15) is 11.5 Å². The Morgan fingerprint density at radius 2 is 1.86 bits per heavy atom. The van der Waals surface area contributed by atoms with Crippen LogP contribution in [0.3, 0.4) is 0 Å². The number of ether oxygens (including phenoxy) is 1. The van der Waals surface area contributed by atoms with Crippen LogP contribution in [0.1, 0.15) is 6.42 Å². The first kappa shape index (κ1) is 14.0. The summed E-state index contributed by atoms with van der Waals surface area (Å²) in [6.07, 6.45) is 0.521. The number of carbonyl (C=O) groups excluding carboxylic acids is 1. The average Bonchev–Trinajstić information content (AvgIpc) is 2.90. The number of rotatable bonds is 4. The third-order valence-electron chi connectivity index (χ3n) is 3.53. The van der Waals surface area contributed by atoms with Gasteiger partial charge in [0.15, 0.2) is 0 Å². The lowest BCUT2D eigenvalue weighted by molar-refractivity contribution is -0.117. The zero-order chi connectivity index (χ0) is 14.7. The van der Waals surface area contributed by atoms with E-state index in [2.05, 4.69) is 0 Å². The van der Waals surface area contributed by atoms with Gasteiger partial charge in [-0.1, -0.05) is 24.3 Å². The second-order valence-electron chi connectivity index (χ2n) is 5.14. The summed E-state index contributed by atoms with van der Waals surface area (Å²) in [5.74, 6) is 2.37. The highest BCUT2D eigenvalue weighted by Crippen LogP contribution is 2.30. The zero-order valence-corrected chi connectivity index (χ0v) is 12.3. The largest absolute Gasteiger partial charge is 0.457 e. The van der Waals surface area contributed by atoms with Crippen molar-refractivity contribution in [3.8, 4) is 11.5 Å². The Hall–Kier alpha value is -2.00. The maximum Gasteiger partial charge on any atom is 0.227 e. The number of benzene rings is 2. The second kappa shape index (κ2) is 6.19. The van der Waals surface area contributed by atoms with Crippen molar-refractivity contribution < 1.29 is 9.53 Å². The summed E-state index contributed by atoms with van der Waals surface area (Å²) < 4.78 is 5.80. The van der Waals surface area contributed by atoms with E-state index in [0.717, 1.165) is 17.2 Å². The van der Waals surface area contributed by atoms with Crippen LogP contribution in [0.25, 0.3) is 0 Å². The molecule has 1 aliphatic rings. The Bertz CT molecular complexity index is 630. The van der Waals surface area contributed by atoms with Crippen molar-refractivity contribution >= 4 is 23.2 Å². The van der Waals surface area contributed by atoms with E-state index >= 15 is 0 Å². The lowest BCUT2D eigenvalue weighted by Gasteiger charge is -2.17. The van der Waals surface area contributed by atoms with Gasteiger partial charge < -0.3 is 9.64 Å². The van der Waals surface area contributed by atoms with Crippen LogP contribution in [-0.2, 0) is 4.79 Å². The van der Waals surface area contributed by atoms with Gasteiger partial charge in [-0.25, -0.2) is 0 Å². The number of amides is 1. The average molecular weight is 302 g/mol. The van der Waals surface area contributed by atoms with Crippen LogP contribution in [0.5, 0.6) is 11.5 Å². The maximum absolute atomic E-state index is 12.0. The molecule has 2 aromatic rings. The molecular formula is C17H16ClNO2. The molecule has 1 amide bonds. The SMILES string of the molecule is O=C1CC(CCl)CN1c1cccc(Oc2ccccc2)c1. The molecule has 0 saturated carbocycles. The highest BCUT2D eigenvalue weighted by molar-refractivity contribution is 6.18. The maximum atomic E-state index is 12.0. The van der Waals surface area contributed by atoms with Crippen molar-refractivity contribution in [1.29, 1.82) is 0 Å². The number of para-hydroxylation sites is 1. The minimum Gasteiger partial charge on any atom is -0.457 e. The molecule has 1 fully saturated rings. The van der Waals surface area contributed by atoms with Gasteiger partial charge in [0.25, 0.3) is 0 Å². The Labute approximate surface area is 129 Å². The molecule has 0 aliphatic carbocycles. The van der Waals surface area contributed by atoms with Gasteiger partial charge >= 0.3 is 0 Å². The molecule has 1 aliphatic heterocycles. The lowest BCUT2D eigenvalue weighted by Crippen LogP contribution is -2.24. The fourth-order valence-electron chi connectivity index (χ4n) is 2.47. The van der Waals surface area contributed by atoms with Gasteiger partial charge in [0.2, 0.25) is 5.91 Å². The molecule has 1 atom stereocenters. The molecule has 0 radical (unpaired) electrons. The quantitative estimate of drug-likeness (QED) is 0.797. The third kappa shape index (κ3) is 3.19. The molecule has 1 saturated heterocycles. The number of carbonyl (C=O) groups is 1. The van der Waals surface area contributed by atoms with Gasteiger partial charge in [0.05, 0.1) is 0 Å². The molecule has 0 N–H and O–H groups in total. The Morgan fingerprint density at radius 1 is 1.10 bits per heavy atom. The van der Waals surface area contributed by atoms with Crippen LogP contribution in [0, 0.1) is 5.92 Å². The van der Waals surface area contributed by atoms with Crippen molar-refractivity contribution in [1.82, 2.24) is 0 Å². The second-order valence-corrected chi connectivity index (χ2v) is 5.45. The number of hydrogen-bond acceptors (Lipinski definition) is 2. The zero-order valence-electron chi connectivity index (χ0n) is 11.5. The van der Waals surface area contributed by atoms with Gasteiger partial charge in [-0.05, 0) is 30.2 Å². The fraction of sp³-hybridized carbons (Fsp3) is 0.235. The van der Waals surface area contributed by atoms with Crippen LogP contribution < -0.4 is 9.64 Å². The molecule has 0 bridgehead atoms. The first-order valence-electron chi connectivity index (χ1n) is 6.95.